The van der Waals surface area contributed by atoms with Crippen molar-refractivity contribution < 1.29 is 21.9 Å². The van der Waals surface area contributed by atoms with Crippen molar-refractivity contribution in [2.75, 3.05) is 38.2 Å². The van der Waals surface area contributed by atoms with Crippen LogP contribution in [0.4, 0.5) is 14.5 Å². The maximum atomic E-state index is 13.9. The van der Waals surface area contributed by atoms with Gasteiger partial charge >= 0.3 is 0 Å². The van der Waals surface area contributed by atoms with Gasteiger partial charge in [-0.25, -0.2) is 17.2 Å². The standard InChI is InChI=1S/C18H20F2N2O3S/c1-13-6-7-16(25-2)17(12-13)26(23,24)22-10-8-21(9-11-22)18-14(19)4-3-5-15(18)20/h3-7,12H,8-11H2,1-2H3. The molecule has 2 aromatic carbocycles. The highest BCUT2D eigenvalue weighted by Crippen LogP contribution is 2.30. The molecule has 26 heavy (non-hydrogen) atoms. The van der Waals surface area contributed by atoms with Gasteiger partial charge in [-0.15, -0.1) is 0 Å². The summed E-state index contributed by atoms with van der Waals surface area (Å²) in [5, 5.41) is 0. The van der Waals surface area contributed by atoms with Crippen LogP contribution in [-0.4, -0.2) is 46.0 Å². The first-order valence-electron chi connectivity index (χ1n) is 8.18. The minimum Gasteiger partial charge on any atom is -0.495 e. The molecule has 0 aromatic heterocycles. The highest BCUT2D eigenvalue weighted by molar-refractivity contribution is 7.89. The summed E-state index contributed by atoms with van der Waals surface area (Å²) in [4.78, 5) is 1.63. The fraction of sp³-hybridized carbons (Fsp3) is 0.333. The van der Waals surface area contributed by atoms with Gasteiger partial charge in [0.25, 0.3) is 0 Å². The number of para-hydroxylation sites is 1. The van der Waals surface area contributed by atoms with Gasteiger partial charge in [-0.1, -0.05) is 12.1 Å². The number of ether oxygens (including phenoxy) is 1. The van der Waals surface area contributed by atoms with E-state index in [0.717, 1.165) is 5.56 Å². The quantitative estimate of drug-likeness (QED) is 0.816. The Bertz CT molecular complexity index is 890. The number of methoxy groups -OCH3 is 1. The first-order valence-corrected chi connectivity index (χ1v) is 9.62. The van der Waals surface area contributed by atoms with Crippen molar-refractivity contribution in [1.82, 2.24) is 4.31 Å². The summed E-state index contributed by atoms with van der Waals surface area (Å²) < 4.78 is 60.3. The van der Waals surface area contributed by atoms with Crippen LogP contribution >= 0.6 is 0 Å². The zero-order valence-electron chi connectivity index (χ0n) is 14.6. The van der Waals surface area contributed by atoms with E-state index in [4.69, 9.17) is 4.74 Å². The summed E-state index contributed by atoms with van der Waals surface area (Å²) in [5.41, 5.74) is 0.689. The molecule has 1 aliphatic heterocycles. The number of hydrogen-bond acceptors (Lipinski definition) is 4. The van der Waals surface area contributed by atoms with Crippen molar-refractivity contribution >= 4 is 15.7 Å². The Hall–Kier alpha value is -2.19. The van der Waals surface area contributed by atoms with Gasteiger partial charge in [-0.05, 0) is 36.8 Å². The lowest BCUT2D eigenvalue weighted by Gasteiger charge is -2.35. The Morgan fingerprint density at radius 3 is 2.19 bits per heavy atom. The van der Waals surface area contributed by atoms with Gasteiger partial charge in [-0.3, -0.25) is 0 Å². The summed E-state index contributed by atoms with van der Waals surface area (Å²) in [5.74, 6) is -1.03. The average Bonchev–Trinajstić information content (AvgIpc) is 2.62. The molecule has 0 N–H and O–H groups in total. The molecular formula is C18H20F2N2O3S. The van der Waals surface area contributed by atoms with Gasteiger partial charge in [0.05, 0.1) is 7.11 Å². The molecule has 8 heteroatoms. The second-order valence-electron chi connectivity index (χ2n) is 6.12. The van der Waals surface area contributed by atoms with Gasteiger partial charge < -0.3 is 9.64 Å². The van der Waals surface area contributed by atoms with E-state index in [1.165, 1.54) is 34.5 Å². The number of piperazine rings is 1. The van der Waals surface area contributed by atoms with E-state index in [9.17, 15) is 17.2 Å². The average molecular weight is 382 g/mol. The molecule has 2 aromatic rings. The number of sulfonamides is 1. The molecule has 3 rings (SSSR count). The Labute approximate surface area is 151 Å². The van der Waals surface area contributed by atoms with Crippen molar-refractivity contribution in [3.63, 3.8) is 0 Å². The van der Waals surface area contributed by atoms with Gasteiger partial charge in [0.2, 0.25) is 10.0 Å². The maximum Gasteiger partial charge on any atom is 0.246 e. The number of rotatable bonds is 4. The molecule has 140 valence electrons. The Kier molecular flexibility index (Phi) is 5.15. The zero-order valence-corrected chi connectivity index (χ0v) is 15.4. The molecule has 1 heterocycles. The fourth-order valence-corrected chi connectivity index (χ4v) is 4.73. The smallest absolute Gasteiger partial charge is 0.246 e. The topological polar surface area (TPSA) is 49.9 Å². The lowest BCUT2D eigenvalue weighted by molar-refractivity contribution is 0.371. The first kappa shape index (κ1) is 18.6. The highest BCUT2D eigenvalue weighted by atomic mass is 32.2. The summed E-state index contributed by atoms with van der Waals surface area (Å²) in [6.07, 6.45) is 0. The van der Waals surface area contributed by atoms with Crippen molar-refractivity contribution in [1.29, 1.82) is 0 Å². The third-order valence-electron chi connectivity index (χ3n) is 4.43. The molecule has 1 fully saturated rings. The van der Waals surface area contributed by atoms with E-state index in [1.54, 1.807) is 25.1 Å². The van der Waals surface area contributed by atoms with E-state index in [-0.39, 0.29) is 42.5 Å². The highest BCUT2D eigenvalue weighted by Gasteiger charge is 2.32. The van der Waals surface area contributed by atoms with Crippen LogP contribution in [0.3, 0.4) is 0 Å². The third kappa shape index (κ3) is 3.39. The minimum atomic E-state index is -3.76. The molecule has 5 nitrogen and oxygen atoms in total. The lowest BCUT2D eigenvalue weighted by Crippen LogP contribution is -2.49. The molecule has 0 bridgehead atoms. The number of anilines is 1. The van der Waals surface area contributed by atoms with Crippen molar-refractivity contribution in [2.45, 2.75) is 11.8 Å². The van der Waals surface area contributed by atoms with Crippen molar-refractivity contribution in [3.8, 4) is 5.75 Å². The molecule has 0 amide bonds. The molecule has 0 radical (unpaired) electrons. The number of hydrogen-bond donors (Lipinski definition) is 0. The molecule has 0 aliphatic carbocycles. The van der Waals surface area contributed by atoms with Crippen LogP contribution in [0, 0.1) is 18.6 Å². The summed E-state index contributed by atoms with van der Waals surface area (Å²) in [6, 6.07) is 8.65. The summed E-state index contributed by atoms with van der Waals surface area (Å²) in [6.45, 7) is 2.47. The lowest BCUT2D eigenvalue weighted by atomic mass is 10.2. The Balaban J connectivity index is 1.83. The molecule has 1 aliphatic rings. The first-order chi connectivity index (χ1) is 12.3. The maximum absolute atomic E-state index is 13.9. The van der Waals surface area contributed by atoms with Crippen LogP contribution in [0.5, 0.6) is 5.75 Å². The summed E-state index contributed by atoms with van der Waals surface area (Å²) >= 11 is 0. The van der Waals surface area contributed by atoms with Crippen LogP contribution in [-0.2, 0) is 10.0 Å². The van der Waals surface area contributed by atoms with Crippen LogP contribution in [0.25, 0.3) is 0 Å². The fourth-order valence-electron chi connectivity index (χ4n) is 3.07. The monoisotopic (exact) mass is 382 g/mol. The van der Waals surface area contributed by atoms with Gasteiger partial charge in [0.15, 0.2) is 0 Å². The van der Waals surface area contributed by atoms with Crippen molar-refractivity contribution in [3.05, 3.63) is 53.6 Å². The largest absolute Gasteiger partial charge is 0.495 e. The van der Waals surface area contributed by atoms with Crippen LogP contribution in [0.1, 0.15) is 5.56 Å². The van der Waals surface area contributed by atoms with Crippen LogP contribution in [0.15, 0.2) is 41.3 Å². The Morgan fingerprint density at radius 1 is 1.00 bits per heavy atom. The molecule has 0 saturated carbocycles. The van der Waals surface area contributed by atoms with E-state index < -0.39 is 21.7 Å². The summed E-state index contributed by atoms with van der Waals surface area (Å²) in [7, 11) is -2.34. The van der Waals surface area contributed by atoms with Crippen molar-refractivity contribution in [2.24, 2.45) is 0 Å². The second-order valence-corrected chi connectivity index (χ2v) is 8.02. The SMILES string of the molecule is COc1ccc(C)cc1S(=O)(=O)N1CCN(c2c(F)cccc2F)CC1. The minimum absolute atomic E-state index is 0.102. The van der Waals surface area contributed by atoms with Crippen LogP contribution < -0.4 is 9.64 Å². The number of nitrogens with zero attached hydrogens (tertiary/aromatic N) is 2. The van der Waals surface area contributed by atoms with E-state index in [2.05, 4.69) is 0 Å². The van der Waals surface area contributed by atoms with E-state index in [1.807, 2.05) is 0 Å². The molecule has 0 spiro atoms. The zero-order chi connectivity index (χ0) is 18.9. The molecule has 0 unspecified atom stereocenters. The van der Waals surface area contributed by atoms with E-state index >= 15 is 0 Å². The Morgan fingerprint density at radius 2 is 1.62 bits per heavy atom. The van der Waals surface area contributed by atoms with Gasteiger partial charge in [0, 0.05) is 26.2 Å². The predicted molar refractivity (Wildman–Crippen MR) is 95.1 cm³/mol. The van der Waals surface area contributed by atoms with Gasteiger partial charge in [-0.2, -0.15) is 4.31 Å². The molecule has 1 saturated heterocycles. The van der Waals surface area contributed by atoms with Gasteiger partial charge in [0.1, 0.15) is 28.0 Å². The third-order valence-corrected chi connectivity index (χ3v) is 6.35. The normalized spacial score (nSPS) is 15.9. The predicted octanol–water partition coefficient (Wildman–Crippen LogP) is 2.79. The van der Waals surface area contributed by atoms with E-state index in [0.29, 0.717) is 0 Å². The number of halogens is 2. The number of aryl methyl sites for hydroxylation is 1. The second kappa shape index (κ2) is 7.20. The molecule has 0 atom stereocenters. The number of benzene rings is 2. The molecular weight excluding hydrogens is 362 g/mol. The van der Waals surface area contributed by atoms with Crippen LogP contribution in [0.2, 0.25) is 0 Å².